The third-order valence-corrected chi connectivity index (χ3v) is 5.58. The molecule has 1 fully saturated rings. The number of carbonyl (C=O) groups is 2. The molecule has 0 saturated carbocycles. The number of ether oxygens (including phenoxy) is 1. The van der Waals surface area contributed by atoms with Crippen LogP contribution < -0.4 is 10.2 Å². The Morgan fingerprint density at radius 1 is 1.23 bits per heavy atom. The van der Waals surface area contributed by atoms with Crippen LogP contribution in [0.25, 0.3) is 11.0 Å². The molecule has 30 heavy (non-hydrogen) atoms. The maximum absolute atomic E-state index is 13.4. The van der Waals surface area contributed by atoms with Crippen LogP contribution in [-0.2, 0) is 14.3 Å². The number of halogens is 1. The minimum Gasteiger partial charge on any atom is -0.376 e. The highest BCUT2D eigenvalue weighted by molar-refractivity contribution is 6.05. The fourth-order valence-electron chi connectivity index (χ4n) is 4.21. The number of imidazole rings is 1. The third kappa shape index (κ3) is 3.33. The smallest absolute Gasteiger partial charge is 0.253 e. The van der Waals surface area contributed by atoms with Gasteiger partial charge in [-0.2, -0.15) is 0 Å². The number of aromatic nitrogens is 2. The van der Waals surface area contributed by atoms with E-state index in [1.807, 2.05) is 28.8 Å². The standard InChI is InChI=1S/C22H21FN4O3/c23-14-5-3-6-15(11-14)24-20(28)12-19-21(29)26(13-16-7-4-10-30-16)22-25-17-8-1-2-9-18(17)27(19)22/h1-3,5-6,8-9,11,16,19H,4,7,10,12-13H2,(H,24,28)/t16-,19-/m1/s1. The zero-order valence-corrected chi connectivity index (χ0v) is 16.3. The van der Waals surface area contributed by atoms with Gasteiger partial charge in [-0.15, -0.1) is 0 Å². The average molecular weight is 408 g/mol. The van der Waals surface area contributed by atoms with Crippen LogP contribution in [0.15, 0.2) is 48.5 Å². The van der Waals surface area contributed by atoms with Crippen molar-refractivity contribution in [2.75, 3.05) is 23.4 Å². The zero-order valence-electron chi connectivity index (χ0n) is 16.3. The van der Waals surface area contributed by atoms with Crippen LogP contribution in [-0.4, -0.2) is 40.6 Å². The Morgan fingerprint density at radius 3 is 2.90 bits per heavy atom. The fraction of sp³-hybridized carbons (Fsp3) is 0.318. The second kappa shape index (κ2) is 7.53. The molecule has 0 unspecified atom stereocenters. The molecule has 3 aromatic rings. The van der Waals surface area contributed by atoms with Crippen LogP contribution in [0.5, 0.6) is 0 Å². The second-order valence-electron chi connectivity index (χ2n) is 7.63. The summed E-state index contributed by atoms with van der Waals surface area (Å²) in [6.45, 7) is 1.12. The summed E-state index contributed by atoms with van der Waals surface area (Å²) in [4.78, 5) is 32.2. The van der Waals surface area contributed by atoms with Crippen LogP contribution in [0.4, 0.5) is 16.0 Å². The van der Waals surface area contributed by atoms with Gasteiger partial charge >= 0.3 is 0 Å². The van der Waals surface area contributed by atoms with E-state index in [9.17, 15) is 14.0 Å². The molecular formula is C22H21FN4O3. The maximum atomic E-state index is 13.4. The summed E-state index contributed by atoms with van der Waals surface area (Å²) in [6.07, 6.45) is 1.78. The van der Waals surface area contributed by atoms with E-state index in [4.69, 9.17) is 4.74 Å². The Balaban J connectivity index is 1.44. The minimum absolute atomic E-state index is 0.0258. The molecule has 1 aromatic heterocycles. The number of hydrogen-bond acceptors (Lipinski definition) is 4. The summed E-state index contributed by atoms with van der Waals surface area (Å²) in [5, 5.41) is 2.68. The molecule has 2 atom stereocenters. The first-order chi connectivity index (χ1) is 14.6. The predicted molar refractivity (Wildman–Crippen MR) is 110 cm³/mol. The summed E-state index contributed by atoms with van der Waals surface area (Å²) in [5.41, 5.74) is 1.93. The number of amides is 2. The lowest BCUT2D eigenvalue weighted by Crippen LogP contribution is -2.37. The summed E-state index contributed by atoms with van der Waals surface area (Å²) in [6, 6.07) is 12.5. The number of anilines is 2. The summed E-state index contributed by atoms with van der Waals surface area (Å²) in [7, 11) is 0. The van der Waals surface area contributed by atoms with E-state index in [1.54, 1.807) is 11.0 Å². The Kier molecular flexibility index (Phi) is 4.71. The lowest BCUT2D eigenvalue weighted by Gasteiger charge is -2.19. The number of nitrogens with zero attached hydrogens (tertiary/aromatic N) is 3. The molecule has 154 valence electrons. The lowest BCUT2D eigenvalue weighted by atomic mass is 10.1. The van der Waals surface area contributed by atoms with Crippen molar-refractivity contribution in [3.63, 3.8) is 0 Å². The van der Waals surface area contributed by atoms with Gasteiger partial charge in [-0.05, 0) is 43.2 Å². The molecule has 5 rings (SSSR count). The van der Waals surface area contributed by atoms with Crippen molar-refractivity contribution in [3.8, 4) is 0 Å². The van der Waals surface area contributed by atoms with Gasteiger partial charge in [0, 0.05) is 12.3 Å². The van der Waals surface area contributed by atoms with Crippen LogP contribution in [0, 0.1) is 5.82 Å². The van der Waals surface area contributed by atoms with Gasteiger partial charge in [-0.25, -0.2) is 9.37 Å². The molecule has 0 aliphatic carbocycles. The van der Waals surface area contributed by atoms with E-state index in [0.717, 1.165) is 23.9 Å². The highest BCUT2D eigenvalue weighted by atomic mass is 19.1. The first-order valence-corrected chi connectivity index (χ1v) is 10.1. The Morgan fingerprint density at radius 2 is 2.10 bits per heavy atom. The molecule has 2 amide bonds. The highest BCUT2D eigenvalue weighted by Gasteiger charge is 2.42. The molecule has 3 heterocycles. The largest absolute Gasteiger partial charge is 0.376 e. The molecule has 1 saturated heterocycles. The van der Waals surface area contributed by atoms with Crippen molar-refractivity contribution in [1.29, 1.82) is 0 Å². The monoisotopic (exact) mass is 408 g/mol. The first-order valence-electron chi connectivity index (χ1n) is 10.1. The van der Waals surface area contributed by atoms with Gasteiger partial charge in [0.25, 0.3) is 5.91 Å². The van der Waals surface area contributed by atoms with E-state index in [0.29, 0.717) is 24.8 Å². The Bertz CT molecular complexity index is 1120. The average Bonchev–Trinajstić information content (AvgIpc) is 3.42. The van der Waals surface area contributed by atoms with Crippen molar-refractivity contribution >= 4 is 34.5 Å². The van der Waals surface area contributed by atoms with Crippen LogP contribution in [0.1, 0.15) is 25.3 Å². The number of rotatable bonds is 5. The second-order valence-corrected chi connectivity index (χ2v) is 7.63. The molecule has 2 aromatic carbocycles. The normalized spacial score (nSPS) is 20.7. The molecular weight excluding hydrogens is 387 g/mol. The van der Waals surface area contributed by atoms with E-state index >= 15 is 0 Å². The number of hydrogen-bond donors (Lipinski definition) is 1. The van der Waals surface area contributed by atoms with Crippen molar-refractivity contribution in [2.45, 2.75) is 31.4 Å². The minimum atomic E-state index is -0.706. The topological polar surface area (TPSA) is 76.5 Å². The maximum Gasteiger partial charge on any atom is 0.253 e. The Labute approximate surface area is 172 Å². The number of nitrogens with one attached hydrogen (secondary N) is 1. The molecule has 1 N–H and O–H groups in total. The predicted octanol–water partition coefficient (Wildman–Crippen LogP) is 3.27. The van der Waals surface area contributed by atoms with Gasteiger partial charge in [0.05, 0.1) is 30.1 Å². The molecule has 2 aliphatic rings. The first kappa shape index (κ1) is 18.7. The van der Waals surface area contributed by atoms with E-state index < -0.39 is 11.9 Å². The van der Waals surface area contributed by atoms with E-state index in [-0.39, 0.29) is 24.3 Å². The van der Waals surface area contributed by atoms with Crippen LogP contribution in [0.3, 0.4) is 0 Å². The lowest BCUT2D eigenvalue weighted by molar-refractivity contribution is -0.124. The zero-order chi connectivity index (χ0) is 20.7. The van der Waals surface area contributed by atoms with Crippen LogP contribution in [0.2, 0.25) is 0 Å². The number of para-hydroxylation sites is 2. The molecule has 0 bridgehead atoms. The third-order valence-electron chi connectivity index (χ3n) is 5.58. The summed E-state index contributed by atoms with van der Waals surface area (Å²) in [5.74, 6) is -0.426. The van der Waals surface area contributed by atoms with Gasteiger partial charge < -0.3 is 10.1 Å². The number of fused-ring (bicyclic) bond motifs is 3. The molecule has 8 heteroatoms. The van der Waals surface area contributed by atoms with Gasteiger partial charge in [0.15, 0.2) is 0 Å². The Hall–Kier alpha value is -3.26. The molecule has 2 aliphatic heterocycles. The van der Waals surface area contributed by atoms with Crippen molar-refractivity contribution in [2.24, 2.45) is 0 Å². The van der Waals surface area contributed by atoms with Crippen molar-refractivity contribution < 1.29 is 18.7 Å². The van der Waals surface area contributed by atoms with Gasteiger partial charge in [0.2, 0.25) is 11.9 Å². The van der Waals surface area contributed by atoms with E-state index in [1.165, 1.54) is 18.2 Å². The van der Waals surface area contributed by atoms with Crippen molar-refractivity contribution in [1.82, 2.24) is 9.55 Å². The molecule has 0 spiro atoms. The van der Waals surface area contributed by atoms with Gasteiger partial charge in [-0.1, -0.05) is 18.2 Å². The highest BCUT2D eigenvalue weighted by Crippen LogP contribution is 2.37. The van der Waals surface area contributed by atoms with Gasteiger partial charge in [0.1, 0.15) is 11.9 Å². The number of benzene rings is 2. The van der Waals surface area contributed by atoms with Crippen molar-refractivity contribution in [3.05, 3.63) is 54.3 Å². The molecule has 7 nitrogen and oxygen atoms in total. The van der Waals surface area contributed by atoms with Crippen LogP contribution >= 0.6 is 0 Å². The quantitative estimate of drug-likeness (QED) is 0.703. The fourth-order valence-corrected chi connectivity index (χ4v) is 4.21. The number of carbonyl (C=O) groups excluding carboxylic acids is 2. The summed E-state index contributed by atoms with van der Waals surface area (Å²) < 4.78 is 21.0. The SMILES string of the molecule is O=C(C[C@@H]1C(=O)N(C[C@H]2CCCO2)c2nc3ccccc3n21)Nc1cccc(F)c1. The molecule has 0 radical (unpaired) electrons. The van der Waals surface area contributed by atoms with E-state index in [2.05, 4.69) is 10.3 Å². The van der Waals surface area contributed by atoms with Gasteiger partial charge in [-0.3, -0.25) is 19.1 Å². The summed E-state index contributed by atoms with van der Waals surface area (Å²) >= 11 is 0.